The van der Waals surface area contributed by atoms with E-state index in [1.54, 1.807) is 0 Å². The van der Waals surface area contributed by atoms with Crippen molar-refractivity contribution in [1.82, 2.24) is 9.80 Å². The highest BCUT2D eigenvalue weighted by Gasteiger charge is 2.26. The molecule has 26 heavy (non-hydrogen) atoms. The lowest BCUT2D eigenvalue weighted by Crippen LogP contribution is -2.45. The topological polar surface area (TPSA) is 58.8 Å². The van der Waals surface area contributed by atoms with Gasteiger partial charge in [-0.25, -0.2) is 0 Å². The lowest BCUT2D eigenvalue weighted by atomic mass is 9.92. The molecule has 2 unspecified atom stereocenters. The maximum atomic E-state index is 12.7. The lowest BCUT2D eigenvalue weighted by molar-refractivity contribution is 0.0342. The van der Waals surface area contributed by atoms with Gasteiger partial charge in [0.15, 0.2) is 0 Å². The number of halogens is 2. The Morgan fingerprint density at radius 1 is 1.19 bits per heavy atom. The molecule has 0 saturated carbocycles. The minimum atomic E-state index is 0. The Balaban J connectivity index is 0.00000169. The van der Waals surface area contributed by atoms with E-state index in [9.17, 15) is 4.79 Å². The van der Waals surface area contributed by atoms with Gasteiger partial charge in [0.2, 0.25) is 0 Å². The summed E-state index contributed by atoms with van der Waals surface area (Å²) in [6.07, 6.45) is 2.17. The summed E-state index contributed by atoms with van der Waals surface area (Å²) in [5.74, 6) is 0.557. The number of ether oxygens (including phenoxy) is 1. The van der Waals surface area contributed by atoms with Crippen LogP contribution in [0.3, 0.4) is 0 Å². The fourth-order valence-electron chi connectivity index (χ4n) is 3.58. The van der Waals surface area contributed by atoms with Gasteiger partial charge in [-0.2, -0.15) is 0 Å². The van der Waals surface area contributed by atoms with Crippen molar-refractivity contribution in [3.63, 3.8) is 0 Å². The summed E-state index contributed by atoms with van der Waals surface area (Å²) < 4.78 is 5.38. The smallest absolute Gasteiger partial charge is 0.253 e. The summed E-state index contributed by atoms with van der Waals surface area (Å²) in [7, 11) is 0. The van der Waals surface area contributed by atoms with Crippen molar-refractivity contribution >= 4 is 30.7 Å². The molecule has 1 amide bonds. The Kier molecular flexibility index (Phi) is 9.90. The first-order valence-corrected chi connectivity index (χ1v) is 9.07. The SMILES string of the molecule is CC(N)C1CCCN(C(=O)c2ccc(CN3CCOCC3)cc2)C1.Cl.Cl. The highest BCUT2D eigenvalue weighted by molar-refractivity contribution is 5.94. The number of hydrogen-bond acceptors (Lipinski definition) is 4. The Hall–Kier alpha value is -0.850. The molecule has 7 heteroatoms. The monoisotopic (exact) mass is 403 g/mol. The van der Waals surface area contributed by atoms with Crippen LogP contribution >= 0.6 is 24.8 Å². The Morgan fingerprint density at radius 2 is 1.85 bits per heavy atom. The third kappa shape index (κ3) is 6.10. The summed E-state index contributed by atoms with van der Waals surface area (Å²) in [5, 5.41) is 0. The molecular weight excluding hydrogens is 373 g/mol. The first-order chi connectivity index (χ1) is 11.6. The van der Waals surface area contributed by atoms with E-state index in [0.717, 1.165) is 64.3 Å². The second kappa shape index (κ2) is 11.1. The number of benzene rings is 1. The van der Waals surface area contributed by atoms with Gasteiger partial charge >= 0.3 is 0 Å². The Labute approximate surface area is 169 Å². The number of nitrogens with two attached hydrogens (primary N) is 1. The first kappa shape index (κ1) is 23.2. The molecule has 0 radical (unpaired) electrons. The van der Waals surface area contributed by atoms with E-state index >= 15 is 0 Å². The van der Waals surface area contributed by atoms with Gasteiger partial charge < -0.3 is 15.4 Å². The van der Waals surface area contributed by atoms with Crippen molar-refractivity contribution in [3.05, 3.63) is 35.4 Å². The van der Waals surface area contributed by atoms with Crippen LogP contribution in [-0.2, 0) is 11.3 Å². The number of carbonyl (C=O) groups excluding carboxylic acids is 1. The number of hydrogen-bond donors (Lipinski definition) is 1. The molecular formula is C19H31Cl2N3O2. The molecule has 0 aliphatic carbocycles. The number of amides is 1. The van der Waals surface area contributed by atoms with Gasteiger partial charge in [0.1, 0.15) is 0 Å². The van der Waals surface area contributed by atoms with Crippen LogP contribution in [0.2, 0.25) is 0 Å². The number of carbonyl (C=O) groups is 1. The average molecular weight is 404 g/mol. The number of likely N-dealkylation sites (tertiary alicyclic amines) is 1. The molecule has 2 N–H and O–H groups in total. The number of piperidine rings is 1. The number of rotatable bonds is 4. The van der Waals surface area contributed by atoms with E-state index in [0.29, 0.717) is 5.92 Å². The molecule has 5 nitrogen and oxygen atoms in total. The lowest BCUT2D eigenvalue weighted by Gasteiger charge is -2.34. The molecule has 0 bridgehead atoms. The molecule has 1 aromatic rings. The summed E-state index contributed by atoms with van der Waals surface area (Å²) in [4.78, 5) is 17.1. The minimum Gasteiger partial charge on any atom is -0.379 e. The molecule has 3 rings (SSSR count). The summed E-state index contributed by atoms with van der Waals surface area (Å²) in [6, 6.07) is 8.24. The van der Waals surface area contributed by atoms with E-state index in [-0.39, 0.29) is 36.8 Å². The van der Waals surface area contributed by atoms with Gasteiger partial charge in [-0.05, 0) is 43.4 Å². The predicted octanol–water partition coefficient (Wildman–Crippen LogP) is 2.56. The standard InChI is InChI=1S/C19H29N3O2.2ClH/c1-15(20)18-3-2-8-22(14-18)19(23)17-6-4-16(5-7-17)13-21-9-11-24-12-10-21;;/h4-7,15,18H,2-3,8-14,20H2,1H3;2*1H. The third-order valence-electron chi connectivity index (χ3n) is 5.20. The van der Waals surface area contributed by atoms with Crippen LogP contribution < -0.4 is 5.73 Å². The maximum absolute atomic E-state index is 12.7. The van der Waals surface area contributed by atoms with Crippen LogP contribution in [0.5, 0.6) is 0 Å². The zero-order valence-electron chi connectivity index (χ0n) is 15.4. The minimum absolute atomic E-state index is 0. The zero-order chi connectivity index (χ0) is 16.9. The highest BCUT2D eigenvalue weighted by atomic mass is 35.5. The zero-order valence-corrected chi connectivity index (χ0v) is 17.1. The van der Waals surface area contributed by atoms with E-state index < -0.39 is 0 Å². The van der Waals surface area contributed by atoms with Gasteiger partial charge in [-0.15, -0.1) is 24.8 Å². The normalized spacial score (nSPS) is 22.1. The van der Waals surface area contributed by atoms with Gasteiger partial charge in [0.25, 0.3) is 5.91 Å². The quantitative estimate of drug-likeness (QED) is 0.838. The summed E-state index contributed by atoms with van der Waals surface area (Å²) in [6.45, 7) is 8.18. The van der Waals surface area contributed by atoms with E-state index in [1.165, 1.54) is 5.56 Å². The maximum Gasteiger partial charge on any atom is 0.253 e. The fraction of sp³-hybridized carbons (Fsp3) is 0.632. The molecule has 2 aliphatic rings. The average Bonchev–Trinajstić information content (AvgIpc) is 2.63. The van der Waals surface area contributed by atoms with E-state index in [4.69, 9.17) is 10.5 Å². The highest BCUT2D eigenvalue weighted by Crippen LogP contribution is 2.21. The Bertz CT molecular complexity index is 548. The Morgan fingerprint density at radius 3 is 2.46 bits per heavy atom. The fourth-order valence-corrected chi connectivity index (χ4v) is 3.58. The van der Waals surface area contributed by atoms with Crippen molar-refractivity contribution < 1.29 is 9.53 Å². The van der Waals surface area contributed by atoms with Crippen molar-refractivity contribution in [1.29, 1.82) is 0 Å². The van der Waals surface area contributed by atoms with Crippen LogP contribution in [0.25, 0.3) is 0 Å². The number of nitrogens with zero attached hydrogens (tertiary/aromatic N) is 2. The van der Waals surface area contributed by atoms with Crippen LogP contribution in [0.1, 0.15) is 35.7 Å². The molecule has 1 aromatic carbocycles. The molecule has 0 aromatic heterocycles. The van der Waals surface area contributed by atoms with Crippen molar-refractivity contribution in [2.75, 3.05) is 39.4 Å². The van der Waals surface area contributed by atoms with E-state index in [2.05, 4.69) is 17.0 Å². The second-order valence-electron chi connectivity index (χ2n) is 7.10. The van der Waals surface area contributed by atoms with E-state index in [1.807, 2.05) is 24.0 Å². The molecule has 2 fully saturated rings. The van der Waals surface area contributed by atoms with Gasteiger partial charge in [-0.3, -0.25) is 9.69 Å². The van der Waals surface area contributed by atoms with Crippen LogP contribution in [0.4, 0.5) is 0 Å². The van der Waals surface area contributed by atoms with Crippen LogP contribution in [0, 0.1) is 5.92 Å². The van der Waals surface area contributed by atoms with Crippen molar-refractivity contribution in [2.45, 2.75) is 32.4 Å². The molecule has 2 heterocycles. The second-order valence-corrected chi connectivity index (χ2v) is 7.10. The molecule has 0 spiro atoms. The molecule has 148 valence electrons. The first-order valence-electron chi connectivity index (χ1n) is 9.07. The van der Waals surface area contributed by atoms with Crippen molar-refractivity contribution in [2.24, 2.45) is 11.7 Å². The molecule has 2 atom stereocenters. The van der Waals surface area contributed by atoms with Gasteiger partial charge in [0, 0.05) is 44.3 Å². The van der Waals surface area contributed by atoms with Crippen molar-refractivity contribution in [3.8, 4) is 0 Å². The summed E-state index contributed by atoms with van der Waals surface area (Å²) >= 11 is 0. The number of morpholine rings is 1. The van der Waals surface area contributed by atoms with Crippen LogP contribution in [-0.4, -0.2) is 61.1 Å². The largest absolute Gasteiger partial charge is 0.379 e. The van der Waals surface area contributed by atoms with Crippen LogP contribution in [0.15, 0.2) is 24.3 Å². The third-order valence-corrected chi connectivity index (χ3v) is 5.20. The predicted molar refractivity (Wildman–Crippen MR) is 109 cm³/mol. The summed E-state index contributed by atoms with van der Waals surface area (Å²) in [5.41, 5.74) is 8.06. The molecule has 2 aliphatic heterocycles. The van der Waals surface area contributed by atoms with Gasteiger partial charge in [-0.1, -0.05) is 12.1 Å². The van der Waals surface area contributed by atoms with Gasteiger partial charge in [0.05, 0.1) is 13.2 Å². The molecule has 2 saturated heterocycles.